The van der Waals surface area contributed by atoms with Crippen LogP contribution in [-0.4, -0.2) is 34.1 Å². The molecule has 1 aliphatic heterocycles. The van der Waals surface area contributed by atoms with E-state index in [-0.39, 0.29) is 0 Å². The summed E-state index contributed by atoms with van der Waals surface area (Å²) < 4.78 is 0. The number of nitrogens with one attached hydrogen (secondary N) is 3. The molecule has 7 nitrogen and oxygen atoms in total. The first kappa shape index (κ1) is 18.2. The third kappa shape index (κ3) is 4.55. The first-order valence-electron chi connectivity index (χ1n) is 9.57. The molecule has 0 bridgehead atoms. The van der Waals surface area contributed by atoms with Crippen molar-refractivity contribution in [3.05, 3.63) is 54.4 Å². The van der Waals surface area contributed by atoms with Crippen molar-refractivity contribution in [2.24, 2.45) is 0 Å². The second-order valence-electron chi connectivity index (χ2n) is 7.12. The van der Waals surface area contributed by atoms with Crippen molar-refractivity contribution in [3.8, 4) is 11.3 Å². The fourth-order valence-electron chi connectivity index (χ4n) is 3.34. The van der Waals surface area contributed by atoms with Gasteiger partial charge in [-0.25, -0.2) is 15.0 Å². The summed E-state index contributed by atoms with van der Waals surface area (Å²) in [7, 11) is 0. The Bertz CT molecular complexity index is 951. The first-order chi connectivity index (χ1) is 13.7. The highest BCUT2D eigenvalue weighted by Crippen LogP contribution is 2.25. The summed E-state index contributed by atoms with van der Waals surface area (Å²) in [5.74, 6) is 2.24. The van der Waals surface area contributed by atoms with Crippen molar-refractivity contribution in [1.29, 1.82) is 0 Å². The fourth-order valence-corrected chi connectivity index (χ4v) is 3.34. The standard InChI is InChI=1S/C21H25N7/c1-14-4-7-25-20(9-14)28-21-12-16(22)11-18(27-21)15-5-8-24-19(10-15)26-13-17-3-2-6-23-17/h4-5,7-12,17,23H,2-3,6,13H2,1H3,(H,24,26)(H3,22,25,27,28). The fraction of sp³-hybridized carbons (Fsp3) is 0.286. The lowest BCUT2D eigenvalue weighted by Crippen LogP contribution is -2.29. The quantitative estimate of drug-likeness (QED) is 0.524. The SMILES string of the molecule is Cc1ccnc(Nc2cc(N)cc(-c3ccnc(NCC4CCCN4)c3)n2)c1. The Hall–Kier alpha value is -3.19. The van der Waals surface area contributed by atoms with Gasteiger partial charge in [0.25, 0.3) is 0 Å². The number of hydrogen-bond donors (Lipinski definition) is 4. The number of nitrogens with two attached hydrogens (primary N) is 1. The van der Waals surface area contributed by atoms with Crippen molar-refractivity contribution in [2.45, 2.75) is 25.8 Å². The lowest BCUT2D eigenvalue weighted by Gasteiger charge is -2.13. The predicted molar refractivity (Wildman–Crippen MR) is 114 cm³/mol. The summed E-state index contributed by atoms with van der Waals surface area (Å²) in [6.45, 7) is 3.99. The van der Waals surface area contributed by atoms with Crippen molar-refractivity contribution in [1.82, 2.24) is 20.3 Å². The molecule has 144 valence electrons. The van der Waals surface area contributed by atoms with Gasteiger partial charge in [0.15, 0.2) is 0 Å². The highest BCUT2D eigenvalue weighted by atomic mass is 15.1. The van der Waals surface area contributed by atoms with E-state index in [1.165, 1.54) is 12.8 Å². The second-order valence-corrected chi connectivity index (χ2v) is 7.12. The van der Waals surface area contributed by atoms with Crippen LogP contribution in [0.4, 0.5) is 23.1 Å². The lowest BCUT2D eigenvalue weighted by atomic mass is 10.1. The first-order valence-corrected chi connectivity index (χ1v) is 9.57. The molecule has 1 unspecified atom stereocenters. The largest absolute Gasteiger partial charge is 0.399 e. The molecular formula is C21H25N7. The summed E-state index contributed by atoms with van der Waals surface area (Å²) >= 11 is 0. The molecule has 4 rings (SSSR count). The Kier molecular flexibility index (Phi) is 5.34. The molecule has 3 aromatic heterocycles. The van der Waals surface area contributed by atoms with Gasteiger partial charge in [-0.15, -0.1) is 0 Å². The molecule has 0 spiro atoms. The highest BCUT2D eigenvalue weighted by molar-refractivity contribution is 5.70. The highest BCUT2D eigenvalue weighted by Gasteiger charge is 2.13. The molecule has 4 heterocycles. The Morgan fingerprint density at radius 3 is 2.75 bits per heavy atom. The van der Waals surface area contributed by atoms with Gasteiger partial charge in [0.05, 0.1) is 5.69 Å². The average molecular weight is 375 g/mol. The van der Waals surface area contributed by atoms with Gasteiger partial charge in [-0.05, 0) is 62.2 Å². The number of rotatable bonds is 6. The van der Waals surface area contributed by atoms with Crippen LogP contribution in [0, 0.1) is 6.92 Å². The van der Waals surface area contributed by atoms with Crippen molar-refractivity contribution >= 4 is 23.1 Å². The predicted octanol–water partition coefficient (Wildman–Crippen LogP) is 3.34. The topological polar surface area (TPSA) is 101 Å². The molecule has 1 aliphatic rings. The van der Waals surface area contributed by atoms with Crippen molar-refractivity contribution in [2.75, 3.05) is 29.5 Å². The second kappa shape index (κ2) is 8.22. The van der Waals surface area contributed by atoms with Crippen molar-refractivity contribution in [3.63, 3.8) is 0 Å². The number of anilines is 4. The molecule has 1 atom stereocenters. The van der Waals surface area contributed by atoms with Crippen LogP contribution in [0.3, 0.4) is 0 Å². The van der Waals surface area contributed by atoms with Crippen LogP contribution in [0.15, 0.2) is 48.8 Å². The third-order valence-corrected chi connectivity index (χ3v) is 4.77. The minimum Gasteiger partial charge on any atom is -0.399 e. The molecule has 0 radical (unpaired) electrons. The molecule has 0 aliphatic carbocycles. The molecule has 1 fully saturated rings. The summed E-state index contributed by atoms with van der Waals surface area (Å²) in [5.41, 5.74) is 9.64. The van der Waals surface area contributed by atoms with Gasteiger partial charge >= 0.3 is 0 Å². The van der Waals surface area contributed by atoms with E-state index in [4.69, 9.17) is 10.7 Å². The number of hydrogen-bond acceptors (Lipinski definition) is 7. The Morgan fingerprint density at radius 2 is 1.93 bits per heavy atom. The zero-order valence-electron chi connectivity index (χ0n) is 15.9. The number of pyridine rings is 3. The van der Waals surface area contributed by atoms with Crippen LogP contribution in [0.25, 0.3) is 11.3 Å². The molecule has 1 saturated heterocycles. The summed E-state index contributed by atoms with van der Waals surface area (Å²) in [6, 6.07) is 12.0. The molecular weight excluding hydrogens is 350 g/mol. The van der Waals surface area contributed by atoms with E-state index >= 15 is 0 Å². The zero-order chi connectivity index (χ0) is 19.3. The average Bonchev–Trinajstić information content (AvgIpc) is 3.20. The molecule has 3 aromatic rings. The van der Waals surface area contributed by atoms with Crippen LogP contribution in [0.5, 0.6) is 0 Å². The summed E-state index contributed by atoms with van der Waals surface area (Å²) in [6.07, 6.45) is 5.99. The maximum Gasteiger partial charge on any atom is 0.134 e. The summed E-state index contributed by atoms with van der Waals surface area (Å²) in [5, 5.41) is 10.1. The molecule has 0 amide bonds. The monoisotopic (exact) mass is 375 g/mol. The van der Waals surface area contributed by atoms with Crippen LogP contribution >= 0.6 is 0 Å². The molecule has 5 N–H and O–H groups in total. The maximum absolute atomic E-state index is 6.12. The van der Waals surface area contributed by atoms with Gasteiger partial charge in [0.2, 0.25) is 0 Å². The van der Waals surface area contributed by atoms with E-state index in [1.54, 1.807) is 18.5 Å². The van der Waals surface area contributed by atoms with E-state index in [9.17, 15) is 0 Å². The van der Waals surface area contributed by atoms with Gasteiger partial charge in [0, 0.05) is 42.3 Å². The minimum atomic E-state index is 0.508. The smallest absolute Gasteiger partial charge is 0.134 e. The third-order valence-electron chi connectivity index (χ3n) is 4.77. The van der Waals surface area contributed by atoms with Gasteiger partial charge in [-0.1, -0.05) is 0 Å². The molecule has 7 heteroatoms. The normalized spacial score (nSPS) is 16.1. The van der Waals surface area contributed by atoms with Gasteiger partial charge in [-0.3, -0.25) is 0 Å². The number of aryl methyl sites for hydroxylation is 1. The van der Waals surface area contributed by atoms with E-state index in [2.05, 4.69) is 25.9 Å². The van der Waals surface area contributed by atoms with E-state index < -0.39 is 0 Å². The van der Waals surface area contributed by atoms with Crippen LogP contribution in [0.2, 0.25) is 0 Å². The van der Waals surface area contributed by atoms with Crippen LogP contribution in [-0.2, 0) is 0 Å². The van der Waals surface area contributed by atoms with Crippen molar-refractivity contribution < 1.29 is 0 Å². The zero-order valence-corrected chi connectivity index (χ0v) is 15.9. The minimum absolute atomic E-state index is 0.508. The Morgan fingerprint density at radius 1 is 1.07 bits per heavy atom. The van der Waals surface area contributed by atoms with Gasteiger partial charge in [0.1, 0.15) is 17.5 Å². The number of nitrogens with zero attached hydrogens (tertiary/aromatic N) is 3. The van der Waals surface area contributed by atoms with E-state index in [1.807, 2.05) is 37.3 Å². The molecule has 28 heavy (non-hydrogen) atoms. The Labute approximate surface area is 164 Å². The van der Waals surface area contributed by atoms with E-state index in [0.717, 1.165) is 41.5 Å². The van der Waals surface area contributed by atoms with E-state index in [0.29, 0.717) is 17.5 Å². The van der Waals surface area contributed by atoms with Crippen LogP contribution < -0.4 is 21.7 Å². The molecule has 0 saturated carbocycles. The van der Waals surface area contributed by atoms with Gasteiger partial charge in [-0.2, -0.15) is 0 Å². The van der Waals surface area contributed by atoms with Gasteiger partial charge < -0.3 is 21.7 Å². The number of nitrogen functional groups attached to an aromatic ring is 1. The lowest BCUT2D eigenvalue weighted by molar-refractivity contribution is 0.632. The summed E-state index contributed by atoms with van der Waals surface area (Å²) in [4.78, 5) is 13.5. The Balaban J connectivity index is 1.53. The maximum atomic E-state index is 6.12. The van der Waals surface area contributed by atoms with Crippen LogP contribution in [0.1, 0.15) is 18.4 Å². The number of aromatic nitrogens is 3. The molecule has 0 aromatic carbocycles.